The molecule has 0 heterocycles. The summed E-state index contributed by atoms with van der Waals surface area (Å²) in [6.07, 6.45) is 3.30. The SMILES string of the molecule is CC1(C)[C@H]2CC[C@]1(C)[C@@H](NC[C@H](O)COc1ccc(C#N)cc1)C2. The number of fused-ring (bicyclic) bond motifs is 2. The molecule has 2 N–H and O–H groups in total. The van der Waals surface area contributed by atoms with Crippen LogP contribution in [0.15, 0.2) is 24.3 Å². The normalized spacial score (nSPS) is 31.6. The summed E-state index contributed by atoms with van der Waals surface area (Å²) in [6.45, 7) is 8.01. The van der Waals surface area contributed by atoms with E-state index in [1.165, 1.54) is 19.3 Å². The Kier molecular flexibility index (Phi) is 4.59. The predicted octanol–water partition coefficient (Wildman–Crippen LogP) is 3.10. The zero-order chi connectivity index (χ0) is 17.4. The molecule has 3 rings (SSSR count). The lowest BCUT2D eigenvalue weighted by atomic mass is 9.69. The Hall–Kier alpha value is -1.57. The van der Waals surface area contributed by atoms with Gasteiger partial charge in [0.2, 0.25) is 0 Å². The molecule has 1 aromatic carbocycles. The number of ether oxygens (including phenoxy) is 1. The highest BCUT2D eigenvalue weighted by Crippen LogP contribution is 2.65. The Balaban J connectivity index is 1.46. The molecule has 4 heteroatoms. The number of hydrogen-bond donors (Lipinski definition) is 2. The zero-order valence-electron chi connectivity index (χ0n) is 14.9. The fourth-order valence-corrected chi connectivity index (χ4v) is 4.67. The fraction of sp³-hybridized carbons (Fsp3) is 0.650. The molecule has 2 bridgehead atoms. The van der Waals surface area contributed by atoms with Crippen LogP contribution in [0.4, 0.5) is 0 Å². The minimum Gasteiger partial charge on any atom is -0.491 e. The molecule has 1 aromatic rings. The molecule has 2 aliphatic carbocycles. The van der Waals surface area contributed by atoms with Crippen molar-refractivity contribution in [3.63, 3.8) is 0 Å². The number of aliphatic hydroxyl groups excluding tert-OH is 1. The van der Waals surface area contributed by atoms with Gasteiger partial charge in [-0.1, -0.05) is 20.8 Å². The Labute approximate surface area is 144 Å². The van der Waals surface area contributed by atoms with Gasteiger partial charge in [0.05, 0.1) is 11.6 Å². The first kappa shape index (κ1) is 17.3. The summed E-state index contributed by atoms with van der Waals surface area (Å²) < 4.78 is 5.61. The van der Waals surface area contributed by atoms with Crippen molar-refractivity contribution in [2.24, 2.45) is 16.7 Å². The Bertz CT molecular complexity index is 620. The fourth-order valence-electron chi connectivity index (χ4n) is 4.67. The third kappa shape index (κ3) is 2.92. The van der Waals surface area contributed by atoms with E-state index in [0.717, 1.165) is 5.92 Å². The molecule has 4 atom stereocenters. The molecule has 0 saturated heterocycles. The Morgan fingerprint density at radius 1 is 1.33 bits per heavy atom. The van der Waals surface area contributed by atoms with E-state index < -0.39 is 6.10 Å². The molecule has 130 valence electrons. The lowest BCUT2D eigenvalue weighted by Gasteiger charge is -2.40. The number of nitriles is 1. The van der Waals surface area contributed by atoms with Gasteiger partial charge in [-0.25, -0.2) is 0 Å². The average Bonchev–Trinajstić information content (AvgIpc) is 2.91. The van der Waals surface area contributed by atoms with E-state index in [2.05, 4.69) is 32.2 Å². The smallest absolute Gasteiger partial charge is 0.119 e. The Morgan fingerprint density at radius 3 is 2.58 bits per heavy atom. The molecule has 0 aliphatic heterocycles. The zero-order valence-corrected chi connectivity index (χ0v) is 14.9. The standard InChI is InChI=1S/C20H28N2O2/c1-19(2)15-8-9-20(19,3)18(10-15)22-12-16(23)13-24-17-6-4-14(11-21)5-7-17/h4-7,15-16,18,22-23H,8-10,12-13H2,1-3H3/t15-,16-,18-,20+/m0/s1. The number of hydrogen-bond acceptors (Lipinski definition) is 4. The van der Waals surface area contributed by atoms with Gasteiger partial charge in [0.1, 0.15) is 18.5 Å². The van der Waals surface area contributed by atoms with Crippen LogP contribution in [-0.4, -0.2) is 30.4 Å². The highest BCUT2D eigenvalue weighted by atomic mass is 16.5. The van der Waals surface area contributed by atoms with Crippen molar-refractivity contribution in [1.82, 2.24) is 5.32 Å². The van der Waals surface area contributed by atoms with Crippen molar-refractivity contribution in [3.05, 3.63) is 29.8 Å². The highest BCUT2D eigenvalue weighted by Gasteiger charge is 2.60. The summed E-state index contributed by atoms with van der Waals surface area (Å²) in [6, 6.07) is 9.53. The molecular weight excluding hydrogens is 300 g/mol. The molecule has 0 aromatic heterocycles. The maximum atomic E-state index is 10.2. The number of benzene rings is 1. The van der Waals surface area contributed by atoms with Gasteiger partial charge in [-0.2, -0.15) is 5.26 Å². The van der Waals surface area contributed by atoms with Crippen molar-refractivity contribution in [3.8, 4) is 11.8 Å². The van der Waals surface area contributed by atoms with Gasteiger partial charge in [0, 0.05) is 12.6 Å². The van der Waals surface area contributed by atoms with Crippen LogP contribution in [-0.2, 0) is 0 Å². The van der Waals surface area contributed by atoms with Crippen LogP contribution in [0.2, 0.25) is 0 Å². The number of nitrogens with zero attached hydrogens (tertiary/aromatic N) is 1. The van der Waals surface area contributed by atoms with E-state index in [1.54, 1.807) is 24.3 Å². The maximum absolute atomic E-state index is 10.2. The second-order valence-electron chi connectivity index (χ2n) is 8.17. The molecule has 0 radical (unpaired) electrons. The number of aliphatic hydroxyl groups is 1. The number of nitrogens with one attached hydrogen (secondary N) is 1. The Morgan fingerprint density at radius 2 is 2.04 bits per heavy atom. The highest BCUT2D eigenvalue weighted by molar-refractivity contribution is 5.34. The van der Waals surface area contributed by atoms with Gasteiger partial charge in [0.15, 0.2) is 0 Å². The van der Waals surface area contributed by atoms with Crippen LogP contribution in [0.25, 0.3) is 0 Å². The van der Waals surface area contributed by atoms with E-state index in [4.69, 9.17) is 10.00 Å². The van der Waals surface area contributed by atoms with E-state index in [9.17, 15) is 5.11 Å². The summed E-state index contributed by atoms with van der Waals surface area (Å²) in [7, 11) is 0. The van der Waals surface area contributed by atoms with E-state index in [-0.39, 0.29) is 6.61 Å². The van der Waals surface area contributed by atoms with Gasteiger partial charge in [-0.05, 0) is 60.3 Å². The largest absolute Gasteiger partial charge is 0.491 e. The van der Waals surface area contributed by atoms with Gasteiger partial charge in [-0.3, -0.25) is 0 Å². The molecule has 0 spiro atoms. The summed E-state index contributed by atoms with van der Waals surface area (Å²) >= 11 is 0. The molecule has 0 unspecified atom stereocenters. The third-order valence-electron chi connectivity index (χ3n) is 6.82. The summed E-state index contributed by atoms with van der Waals surface area (Å²) in [5.74, 6) is 1.48. The van der Waals surface area contributed by atoms with Gasteiger partial charge in [0.25, 0.3) is 0 Å². The molecule has 2 saturated carbocycles. The second kappa shape index (κ2) is 6.38. The molecule has 2 fully saturated rings. The number of rotatable bonds is 6. The van der Waals surface area contributed by atoms with E-state index in [0.29, 0.717) is 34.7 Å². The van der Waals surface area contributed by atoms with E-state index in [1.807, 2.05) is 0 Å². The summed E-state index contributed by atoms with van der Waals surface area (Å²) in [4.78, 5) is 0. The molecule has 2 aliphatic rings. The van der Waals surface area contributed by atoms with Crippen molar-refractivity contribution in [2.45, 2.75) is 52.2 Å². The van der Waals surface area contributed by atoms with Gasteiger partial charge < -0.3 is 15.2 Å². The van der Waals surface area contributed by atoms with Crippen LogP contribution >= 0.6 is 0 Å². The second-order valence-corrected chi connectivity index (χ2v) is 8.17. The topological polar surface area (TPSA) is 65.3 Å². The first-order valence-corrected chi connectivity index (χ1v) is 8.91. The van der Waals surface area contributed by atoms with E-state index >= 15 is 0 Å². The predicted molar refractivity (Wildman–Crippen MR) is 93.7 cm³/mol. The van der Waals surface area contributed by atoms with Crippen LogP contribution in [0, 0.1) is 28.1 Å². The van der Waals surface area contributed by atoms with Crippen LogP contribution in [0.1, 0.15) is 45.6 Å². The molecule has 24 heavy (non-hydrogen) atoms. The quantitative estimate of drug-likeness (QED) is 0.842. The van der Waals surface area contributed by atoms with Crippen molar-refractivity contribution >= 4 is 0 Å². The van der Waals surface area contributed by atoms with Gasteiger partial charge in [-0.15, -0.1) is 0 Å². The van der Waals surface area contributed by atoms with Crippen molar-refractivity contribution in [2.75, 3.05) is 13.2 Å². The minimum atomic E-state index is -0.536. The third-order valence-corrected chi connectivity index (χ3v) is 6.82. The lowest BCUT2D eigenvalue weighted by molar-refractivity contribution is 0.0825. The monoisotopic (exact) mass is 328 g/mol. The summed E-state index contributed by atoms with van der Waals surface area (Å²) in [5, 5.41) is 22.6. The lowest BCUT2D eigenvalue weighted by Crippen LogP contribution is -2.47. The van der Waals surface area contributed by atoms with Crippen LogP contribution in [0.3, 0.4) is 0 Å². The first-order chi connectivity index (χ1) is 11.4. The van der Waals surface area contributed by atoms with Crippen LogP contribution < -0.4 is 10.1 Å². The molecular formula is C20H28N2O2. The van der Waals surface area contributed by atoms with Crippen molar-refractivity contribution < 1.29 is 9.84 Å². The minimum absolute atomic E-state index is 0.259. The maximum Gasteiger partial charge on any atom is 0.119 e. The molecule has 4 nitrogen and oxygen atoms in total. The van der Waals surface area contributed by atoms with Crippen LogP contribution in [0.5, 0.6) is 5.75 Å². The average molecular weight is 328 g/mol. The first-order valence-electron chi connectivity index (χ1n) is 8.91. The summed E-state index contributed by atoms with van der Waals surface area (Å²) in [5.41, 5.74) is 1.32. The molecule has 0 amide bonds. The van der Waals surface area contributed by atoms with Gasteiger partial charge >= 0.3 is 0 Å². The van der Waals surface area contributed by atoms with Crippen molar-refractivity contribution in [1.29, 1.82) is 5.26 Å².